The van der Waals surface area contributed by atoms with Gasteiger partial charge < -0.3 is 4.90 Å². The molecule has 1 unspecified atom stereocenters. The molecule has 4 rings (SSSR count). The molecule has 162 valence electrons. The summed E-state index contributed by atoms with van der Waals surface area (Å²) in [5.41, 5.74) is 1.04. The number of rotatable bonds is 5. The Kier molecular flexibility index (Phi) is 5.44. The first-order chi connectivity index (χ1) is 14.6. The summed E-state index contributed by atoms with van der Waals surface area (Å²) in [7, 11) is 0. The largest absolute Gasteiger partial charge is 0.325 e. The minimum absolute atomic E-state index is 0.00952. The van der Waals surface area contributed by atoms with E-state index in [1.165, 1.54) is 4.90 Å². The van der Waals surface area contributed by atoms with Crippen molar-refractivity contribution in [1.29, 1.82) is 0 Å². The minimum Gasteiger partial charge on any atom is -0.325 e. The fourth-order valence-corrected chi connectivity index (χ4v) is 5.09. The maximum atomic E-state index is 13.7. The molecule has 1 aromatic heterocycles. The summed E-state index contributed by atoms with van der Waals surface area (Å²) in [4.78, 5) is 46.9. The van der Waals surface area contributed by atoms with Gasteiger partial charge in [-0.15, -0.1) is 0 Å². The van der Waals surface area contributed by atoms with Crippen molar-refractivity contribution in [2.45, 2.75) is 46.7 Å². The van der Waals surface area contributed by atoms with Gasteiger partial charge in [-0.3, -0.25) is 19.4 Å². The highest BCUT2D eigenvalue weighted by Gasteiger charge is 2.69. The topological polar surface area (TPSA) is 70.6 Å². The normalized spacial score (nSPS) is 22.0. The van der Waals surface area contributed by atoms with Crippen LogP contribution in [-0.4, -0.2) is 33.6 Å². The molecule has 0 spiro atoms. The van der Waals surface area contributed by atoms with Gasteiger partial charge in [-0.2, -0.15) is 0 Å². The van der Waals surface area contributed by atoms with E-state index in [-0.39, 0.29) is 47.4 Å². The molecule has 0 bridgehead atoms. The Morgan fingerprint density at radius 1 is 1.13 bits per heavy atom. The molecule has 6 nitrogen and oxygen atoms in total. The Morgan fingerprint density at radius 2 is 1.77 bits per heavy atom. The van der Waals surface area contributed by atoms with Gasteiger partial charge in [0, 0.05) is 28.4 Å². The summed E-state index contributed by atoms with van der Waals surface area (Å²) < 4.78 is 1.02. The van der Waals surface area contributed by atoms with Crippen molar-refractivity contribution in [1.82, 2.24) is 9.88 Å². The fourth-order valence-electron chi connectivity index (χ4n) is 4.73. The first kappa shape index (κ1) is 21.9. The zero-order valence-electron chi connectivity index (χ0n) is 18.1. The van der Waals surface area contributed by atoms with Crippen LogP contribution in [-0.2, 0) is 20.9 Å². The number of nitrogens with zero attached hydrogens (tertiary/aromatic N) is 3. The number of amides is 3. The molecule has 1 saturated carbocycles. The second-order valence-corrected chi connectivity index (χ2v) is 10.7. The van der Waals surface area contributed by atoms with Crippen LogP contribution in [0.5, 0.6) is 0 Å². The average molecular weight is 531 g/mol. The quantitative estimate of drug-likeness (QED) is 0.432. The van der Waals surface area contributed by atoms with Crippen molar-refractivity contribution < 1.29 is 14.4 Å². The second kappa shape index (κ2) is 7.69. The number of hydrogen-bond acceptors (Lipinski definition) is 4. The third kappa shape index (κ3) is 3.66. The van der Waals surface area contributed by atoms with Gasteiger partial charge in [-0.05, 0) is 69.3 Å². The van der Waals surface area contributed by atoms with Crippen LogP contribution in [0.25, 0.3) is 0 Å². The Balaban J connectivity index is 1.67. The first-order valence-corrected chi connectivity index (χ1v) is 11.5. The highest BCUT2D eigenvalue weighted by atomic mass is 127. The van der Waals surface area contributed by atoms with E-state index in [4.69, 9.17) is 0 Å². The SMILES string of the molecule is CC1(C)C(C(=O)N(Cc2cccnc2)C2CC(=O)N(c3ccc(I)cc3)C2=O)C1(C)C. The van der Waals surface area contributed by atoms with Crippen LogP contribution in [0.1, 0.15) is 39.7 Å². The molecule has 2 heterocycles. The lowest BCUT2D eigenvalue weighted by molar-refractivity contribution is -0.141. The molecule has 1 aromatic carbocycles. The second-order valence-electron chi connectivity index (χ2n) is 9.47. The van der Waals surface area contributed by atoms with Gasteiger partial charge in [0.25, 0.3) is 5.91 Å². The molecule has 2 aromatic rings. The van der Waals surface area contributed by atoms with Gasteiger partial charge in [0.2, 0.25) is 11.8 Å². The van der Waals surface area contributed by atoms with Crippen molar-refractivity contribution >= 4 is 46.0 Å². The molecule has 2 fully saturated rings. The maximum absolute atomic E-state index is 13.7. The highest BCUT2D eigenvalue weighted by Crippen LogP contribution is 2.69. The van der Waals surface area contributed by atoms with E-state index in [1.54, 1.807) is 29.4 Å². The first-order valence-electron chi connectivity index (χ1n) is 10.4. The maximum Gasteiger partial charge on any atom is 0.257 e. The summed E-state index contributed by atoms with van der Waals surface area (Å²) in [5.74, 6) is -0.907. The average Bonchev–Trinajstić information content (AvgIpc) is 2.96. The summed E-state index contributed by atoms with van der Waals surface area (Å²) in [6.07, 6.45) is 3.36. The zero-order chi connectivity index (χ0) is 22.6. The van der Waals surface area contributed by atoms with E-state index in [1.807, 2.05) is 24.3 Å². The predicted octanol–water partition coefficient (Wildman–Crippen LogP) is 4.03. The molecule has 1 aliphatic heterocycles. The van der Waals surface area contributed by atoms with Gasteiger partial charge in [-0.25, -0.2) is 4.90 Å². The van der Waals surface area contributed by atoms with E-state index in [2.05, 4.69) is 55.3 Å². The summed E-state index contributed by atoms with van der Waals surface area (Å²) in [6, 6.07) is 10.1. The molecular weight excluding hydrogens is 505 g/mol. The van der Waals surface area contributed by atoms with Crippen molar-refractivity contribution in [3.05, 3.63) is 57.9 Å². The van der Waals surface area contributed by atoms with Gasteiger partial charge in [-0.1, -0.05) is 33.8 Å². The van der Waals surface area contributed by atoms with E-state index >= 15 is 0 Å². The number of aromatic nitrogens is 1. The van der Waals surface area contributed by atoms with Crippen molar-refractivity contribution in [3.8, 4) is 0 Å². The van der Waals surface area contributed by atoms with Crippen LogP contribution < -0.4 is 4.90 Å². The van der Waals surface area contributed by atoms with Gasteiger partial charge >= 0.3 is 0 Å². The van der Waals surface area contributed by atoms with Gasteiger partial charge in [0.05, 0.1) is 12.1 Å². The van der Waals surface area contributed by atoms with Crippen molar-refractivity contribution in [3.63, 3.8) is 0 Å². The molecule has 2 aliphatic rings. The Labute approximate surface area is 196 Å². The Bertz CT molecular complexity index is 1020. The molecule has 1 atom stereocenters. The number of hydrogen-bond donors (Lipinski definition) is 0. The Morgan fingerprint density at radius 3 is 2.32 bits per heavy atom. The van der Waals surface area contributed by atoms with Crippen LogP contribution in [0.4, 0.5) is 5.69 Å². The van der Waals surface area contributed by atoms with Crippen LogP contribution in [0.15, 0.2) is 48.8 Å². The molecule has 1 aliphatic carbocycles. The standard InChI is InChI=1S/C24H26IN3O3/c1-23(2)20(24(23,3)4)22(31)27(14-15-6-5-11-26-13-15)18-12-19(29)28(21(18)30)17-9-7-16(25)8-10-17/h5-11,13,18,20H,12,14H2,1-4H3. The lowest BCUT2D eigenvalue weighted by Crippen LogP contribution is -2.46. The minimum atomic E-state index is -0.813. The predicted molar refractivity (Wildman–Crippen MR) is 126 cm³/mol. The molecule has 1 saturated heterocycles. The van der Waals surface area contributed by atoms with Crippen LogP contribution >= 0.6 is 22.6 Å². The fraction of sp³-hybridized carbons (Fsp3) is 0.417. The molecule has 0 N–H and O–H groups in total. The van der Waals surface area contributed by atoms with Crippen LogP contribution in [0.2, 0.25) is 0 Å². The number of benzene rings is 1. The number of imide groups is 1. The van der Waals surface area contributed by atoms with E-state index in [0.717, 1.165) is 9.13 Å². The third-order valence-electron chi connectivity index (χ3n) is 7.21. The van der Waals surface area contributed by atoms with E-state index in [0.29, 0.717) is 5.69 Å². The monoisotopic (exact) mass is 531 g/mol. The molecule has 31 heavy (non-hydrogen) atoms. The van der Waals surface area contributed by atoms with Gasteiger partial charge in [0.15, 0.2) is 0 Å². The van der Waals surface area contributed by atoms with E-state index in [9.17, 15) is 14.4 Å². The number of pyridine rings is 1. The van der Waals surface area contributed by atoms with Gasteiger partial charge in [0.1, 0.15) is 6.04 Å². The number of carbonyl (C=O) groups excluding carboxylic acids is 3. The van der Waals surface area contributed by atoms with E-state index < -0.39 is 6.04 Å². The molecule has 3 amide bonds. The molecule has 7 heteroatoms. The summed E-state index contributed by atoms with van der Waals surface area (Å²) in [6.45, 7) is 8.57. The third-order valence-corrected chi connectivity index (χ3v) is 7.93. The number of halogens is 1. The smallest absolute Gasteiger partial charge is 0.257 e. The zero-order valence-corrected chi connectivity index (χ0v) is 20.3. The van der Waals surface area contributed by atoms with Crippen molar-refractivity contribution in [2.75, 3.05) is 4.90 Å². The lowest BCUT2D eigenvalue weighted by atomic mass is 10.0. The molecular formula is C24H26IN3O3. The highest BCUT2D eigenvalue weighted by molar-refractivity contribution is 14.1. The number of anilines is 1. The summed E-state index contributed by atoms with van der Waals surface area (Å²) in [5, 5.41) is 0. The van der Waals surface area contributed by atoms with Crippen LogP contribution in [0.3, 0.4) is 0 Å². The summed E-state index contributed by atoms with van der Waals surface area (Å²) >= 11 is 2.18. The molecule has 0 radical (unpaired) electrons. The lowest BCUT2D eigenvalue weighted by Gasteiger charge is -2.28. The Hall–Kier alpha value is -2.29. The number of carbonyl (C=O) groups is 3. The van der Waals surface area contributed by atoms with Crippen LogP contribution in [0, 0.1) is 20.3 Å². The van der Waals surface area contributed by atoms with Crippen molar-refractivity contribution in [2.24, 2.45) is 16.7 Å².